The van der Waals surface area contributed by atoms with Crippen LogP contribution in [0.4, 0.5) is 13.6 Å². The molecule has 0 aliphatic rings. The predicted octanol–water partition coefficient (Wildman–Crippen LogP) is 2.30. The Bertz CT molecular complexity index is 830. The SMILES string of the molecule is CCN(CC)C(=O)n1ccc(S(=O)(=O)c2ccc(F)cc2F)n1. The van der Waals surface area contributed by atoms with Crippen LogP contribution in [0.5, 0.6) is 0 Å². The number of carbonyl (C=O) groups is 1. The minimum Gasteiger partial charge on any atom is -0.323 e. The van der Waals surface area contributed by atoms with Crippen LogP contribution in [0.25, 0.3) is 0 Å². The largest absolute Gasteiger partial charge is 0.344 e. The molecule has 0 fully saturated rings. The van der Waals surface area contributed by atoms with E-state index in [2.05, 4.69) is 5.10 Å². The Morgan fingerprint density at radius 1 is 1.22 bits per heavy atom. The molecular formula is C14H15F2N3O3S. The van der Waals surface area contributed by atoms with Gasteiger partial charge in [-0.05, 0) is 32.0 Å². The lowest BCUT2D eigenvalue weighted by molar-refractivity contribution is 0.201. The van der Waals surface area contributed by atoms with Gasteiger partial charge in [0.05, 0.1) is 0 Å². The number of nitrogens with zero attached hydrogens (tertiary/aromatic N) is 3. The van der Waals surface area contributed by atoms with Crippen molar-refractivity contribution in [1.29, 1.82) is 0 Å². The second kappa shape index (κ2) is 6.45. The average Bonchev–Trinajstić information content (AvgIpc) is 2.98. The highest BCUT2D eigenvalue weighted by Crippen LogP contribution is 2.22. The predicted molar refractivity (Wildman–Crippen MR) is 77.8 cm³/mol. The lowest BCUT2D eigenvalue weighted by Crippen LogP contribution is -2.34. The van der Waals surface area contributed by atoms with E-state index in [-0.39, 0.29) is 0 Å². The molecule has 124 valence electrons. The van der Waals surface area contributed by atoms with Gasteiger partial charge in [0.15, 0.2) is 5.03 Å². The average molecular weight is 343 g/mol. The number of rotatable bonds is 4. The van der Waals surface area contributed by atoms with E-state index in [0.29, 0.717) is 19.2 Å². The topological polar surface area (TPSA) is 72.3 Å². The second-order valence-corrected chi connectivity index (χ2v) is 6.50. The van der Waals surface area contributed by atoms with Crippen molar-refractivity contribution >= 4 is 15.9 Å². The molecule has 1 aromatic heterocycles. The standard InChI is InChI=1S/C14H15F2N3O3S/c1-3-18(4-2)14(20)19-8-7-13(17-19)23(21,22)12-6-5-10(15)9-11(12)16/h5-9H,3-4H2,1-2H3. The summed E-state index contributed by atoms with van der Waals surface area (Å²) in [5, 5.41) is 3.23. The summed E-state index contributed by atoms with van der Waals surface area (Å²) in [4.78, 5) is 12.9. The summed E-state index contributed by atoms with van der Waals surface area (Å²) in [7, 11) is -4.28. The maximum absolute atomic E-state index is 13.7. The van der Waals surface area contributed by atoms with E-state index in [1.807, 2.05) is 0 Å². The van der Waals surface area contributed by atoms with Gasteiger partial charge in [0.1, 0.15) is 16.5 Å². The van der Waals surface area contributed by atoms with Crippen molar-refractivity contribution in [2.45, 2.75) is 23.8 Å². The molecule has 1 amide bonds. The summed E-state index contributed by atoms with van der Waals surface area (Å²) in [6, 6.07) is 2.75. The lowest BCUT2D eigenvalue weighted by Gasteiger charge is -2.17. The summed E-state index contributed by atoms with van der Waals surface area (Å²) >= 11 is 0. The van der Waals surface area contributed by atoms with Crippen LogP contribution in [0.2, 0.25) is 0 Å². The van der Waals surface area contributed by atoms with E-state index in [0.717, 1.165) is 22.9 Å². The molecular weight excluding hydrogens is 328 g/mol. The Hall–Kier alpha value is -2.29. The van der Waals surface area contributed by atoms with Gasteiger partial charge in [-0.15, -0.1) is 0 Å². The van der Waals surface area contributed by atoms with Gasteiger partial charge in [-0.2, -0.15) is 9.78 Å². The van der Waals surface area contributed by atoms with E-state index >= 15 is 0 Å². The molecule has 9 heteroatoms. The number of carbonyl (C=O) groups excluding carboxylic acids is 1. The third-order valence-corrected chi connectivity index (χ3v) is 4.93. The Morgan fingerprint density at radius 2 is 1.87 bits per heavy atom. The van der Waals surface area contributed by atoms with Gasteiger partial charge in [0.2, 0.25) is 9.84 Å². The van der Waals surface area contributed by atoms with Crippen LogP contribution in [0.1, 0.15) is 13.8 Å². The van der Waals surface area contributed by atoms with Crippen LogP contribution in [0, 0.1) is 11.6 Å². The van der Waals surface area contributed by atoms with Crippen LogP contribution in [-0.2, 0) is 9.84 Å². The van der Waals surface area contributed by atoms with Gasteiger partial charge in [0, 0.05) is 25.4 Å². The first-order chi connectivity index (χ1) is 10.8. The molecule has 1 aromatic carbocycles. The Kier molecular flexibility index (Phi) is 4.79. The Balaban J connectivity index is 2.41. The highest BCUT2D eigenvalue weighted by molar-refractivity contribution is 7.91. The Morgan fingerprint density at radius 3 is 2.43 bits per heavy atom. The zero-order chi connectivity index (χ0) is 17.2. The maximum atomic E-state index is 13.7. The number of hydrogen-bond donors (Lipinski definition) is 0. The summed E-state index contributed by atoms with van der Waals surface area (Å²) in [6.45, 7) is 4.42. The van der Waals surface area contributed by atoms with E-state index in [9.17, 15) is 22.0 Å². The highest BCUT2D eigenvalue weighted by atomic mass is 32.2. The number of halogens is 2. The molecule has 0 aliphatic carbocycles. The second-order valence-electron chi connectivity index (χ2n) is 4.63. The molecule has 6 nitrogen and oxygen atoms in total. The molecule has 0 spiro atoms. The van der Waals surface area contributed by atoms with E-state index in [1.165, 1.54) is 11.1 Å². The van der Waals surface area contributed by atoms with E-state index < -0.39 is 37.4 Å². The number of aromatic nitrogens is 2. The first-order valence-corrected chi connectivity index (χ1v) is 8.34. The van der Waals surface area contributed by atoms with Crippen LogP contribution < -0.4 is 0 Å². The minimum atomic E-state index is -4.28. The molecule has 23 heavy (non-hydrogen) atoms. The molecule has 0 aliphatic heterocycles. The van der Waals surface area contributed by atoms with Crippen molar-refractivity contribution in [3.05, 3.63) is 42.1 Å². The Labute approximate surface area is 132 Å². The lowest BCUT2D eigenvalue weighted by atomic mass is 10.3. The molecule has 0 atom stereocenters. The van der Waals surface area contributed by atoms with Gasteiger partial charge in [-0.25, -0.2) is 22.0 Å². The number of sulfone groups is 1. The molecule has 0 bridgehead atoms. The van der Waals surface area contributed by atoms with Crippen LogP contribution >= 0.6 is 0 Å². The number of benzene rings is 1. The van der Waals surface area contributed by atoms with Crippen molar-refractivity contribution in [1.82, 2.24) is 14.7 Å². The zero-order valence-corrected chi connectivity index (χ0v) is 13.3. The third kappa shape index (κ3) is 3.24. The molecule has 0 unspecified atom stereocenters. The maximum Gasteiger partial charge on any atom is 0.344 e. The third-order valence-electron chi connectivity index (χ3n) is 3.25. The summed E-state index contributed by atoms with van der Waals surface area (Å²) in [5.41, 5.74) is 0. The van der Waals surface area contributed by atoms with Crippen LogP contribution in [0.3, 0.4) is 0 Å². The summed E-state index contributed by atoms with van der Waals surface area (Å²) in [5.74, 6) is -2.10. The molecule has 0 radical (unpaired) electrons. The van der Waals surface area contributed by atoms with Gasteiger partial charge in [0.25, 0.3) is 0 Å². The molecule has 2 aromatic rings. The quantitative estimate of drug-likeness (QED) is 0.799. The highest BCUT2D eigenvalue weighted by Gasteiger charge is 2.26. The fraction of sp³-hybridized carbons (Fsp3) is 0.286. The first kappa shape index (κ1) is 17.1. The van der Waals surface area contributed by atoms with Gasteiger partial charge >= 0.3 is 6.03 Å². The normalized spacial score (nSPS) is 11.5. The monoisotopic (exact) mass is 343 g/mol. The van der Waals surface area contributed by atoms with E-state index in [1.54, 1.807) is 13.8 Å². The minimum absolute atomic E-state index is 0.434. The smallest absolute Gasteiger partial charge is 0.323 e. The van der Waals surface area contributed by atoms with Crippen LogP contribution in [0.15, 0.2) is 40.4 Å². The molecule has 0 saturated carbocycles. The fourth-order valence-electron chi connectivity index (χ4n) is 2.00. The van der Waals surface area contributed by atoms with E-state index in [4.69, 9.17) is 0 Å². The number of hydrogen-bond acceptors (Lipinski definition) is 4. The molecule has 2 rings (SSSR count). The van der Waals surface area contributed by atoms with Gasteiger partial charge in [-0.3, -0.25) is 0 Å². The van der Waals surface area contributed by atoms with Crippen LogP contribution in [-0.4, -0.2) is 42.2 Å². The number of amides is 1. The van der Waals surface area contributed by atoms with Crippen molar-refractivity contribution in [2.24, 2.45) is 0 Å². The van der Waals surface area contributed by atoms with Crippen molar-refractivity contribution < 1.29 is 22.0 Å². The zero-order valence-electron chi connectivity index (χ0n) is 12.5. The molecule has 0 N–H and O–H groups in total. The van der Waals surface area contributed by atoms with Crippen molar-refractivity contribution in [3.63, 3.8) is 0 Å². The summed E-state index contributed by atoms with van der Waals surface area (Å²) < 4.78 is 52.2. The van der Waals surface area contributed by atoms with Gasteiger partial charge in [-0.1, -0.05) is 0 Å². The molecule has 0 saturated heterocycles. The first-order valence-electron chi connectivity index (χ1n) is 6.86. The van der Waals surface area contributed by atoms with Crippen molar-refractivity contribution in [3.8, 4) is 0 Å². The molecule has 1 heterocycles. The summed E-state index contributed by atoms with van der Waals surface area (Å²) in [6.07, 6.45) is 1.19. The fourth-order valence-corrected chi connectivity index (χ4v) is 3.23. The van der Waals surface area contributed by atoms with Crippen molar-refractivity contribution in [2.75, 3.05) is 13.1 Å². The van der Waals surface area contributed by atoms with Gasteiger partial charge < -0.3 is 4.90 Å².